The molecule has 0 spiro atoms. The fraction of sp³-hybridized carbons (Fsp3) is 1.00. The number of rotatable bonds is 27. The van der Waals surface area contributed by atoms with E-state index in [0.717, 1.165) is 0 Å². The molecule has 0 unspecified atom stereocenters. The fourth-order valence-electron chi connectivity index (χ4n) is 4.44. The quantitative estimate of drug-likeness (QED) is 0.0580. The van der Waals surface area contributed by atoms with Gasteiger partial charge in [0.1, 0.15) is 0 Å². The molecule has 0 amide bonds. The molecule has 0 saturated heterocycles. The van der Waals surface area contributed by atoms with E-state index in [1.807, 2.05) is 17.3 Å². The first-order chi connectivity index (χ1) is 20.0. The van der Waals surface area contributed by atoms with Crippen LogP contribution in [0.15, 0.2) is 0 Å². The van der Waals surface area contributed by atoms with E-state index in [2.05, 4.69) is 72.0 Å². The average molecular weight is 745 g/mol. The summed E-state index contributed by atoms with van der Waals surface area (Å²) in [5.41, 5.74) is 0. The summed E-state index contributed by atoms with van der Waals surface area (Å²) in [6.07, 6.45) is 39.6. The van der Waals surface area contributed by atoms with Gasteiger partial charge in [0, 0.05) is 0 Å². The molecule has 0 aromatic rings. The molecule has 0 N–H and O–H groups in total. The third kappa shape index (κ3) is 46.7. The summed E-state index contributed by atoms with van der Waals surface area (Å²) in [6, 6.07) is 0. The van der Waals surface area contributed by atoms with Gasteiger partial charge in [-0.2, -0.15) is 0 Å². The van der Waals surface area contributed by atoms with Crippen LogP contribution in [0.3, 0.4) is 0 Å². The monoisotopic (exact) mass is 744 g/mol. The molecule has 0 aliphatic rings. The van der Waals surface area contributed by atoms with Crippen LogP contribution >= 0.6 is 33.5 Å². The molecule has 0 nitrogen and oxygen atoms in total. The topological polar surface area (TPSA) is 0 Å². The van der Waals surface area contributed by atoms with Crippen molar-refractivity contribution in [3.63, 3.8) is 0 Å². The van der Waals surface area contributed by atoms with Crippen LogP contribution in [-0.4, -0.2) is 55.5 Å². The first kappa shape index (κ1) is 50.1. The number of hydrogen-bond donors (Lipinski definition) is 0. The van der Waals surface area contributed by atoms with Crippen LogP contribution in [0.2, 0.25) is 0 Å². The van der Waals surface area contributed by atoms with Crippen molar-refractivity contribution >= 4 is 33.5 Å². The standard InChI is InChI=1S/3C12H27P.ClH.Rh/c3*1-4-7-10-13(11-8-5-2)12-9-6-3;;/h3*4-12H2,1-3H3;1H;/q;;;;+1/p-1. The van der Waals surface area contributed by atoms with Gasteiger partial charge < -0.3 is 0 Å². The Balaban J connectivity index is -0.000000243. The summed E-state index contributed by atoms with van der Waals surface area (Å²) < 4.78 is 0. The number of hydrogen-bond acceptors (Lipinski definition) is 0. The minimum atomic E-state index is 0.422. The summed E-state index contributed by atoms with van der Waals surface area (Å²) in [7, 11) is 5.79. The number of unbranched alkanes of at least 4 members (excludes halogenated alkanes) is 9. The molecule has 0 aliphatic heterocycles. The van der Waals surface area contributed by atoms with Gasteiger partial charge in [-0.15, -0.1) is 23.8 Å². The zero-order valence-electron chi connectivity index (χ0n) is 30.1. The molecule has 0 bridgehead atoms. The Bertz CT molecular complexity index is 287. The molecule has 0 atom stereocenters. The molecule has 5 heteroatoms. The van der Waals surface area contributed by atoms with Gasteiger partial charge in [-0.05, 0) is 113 Å². The SMILES string of the molecule is CCCCP(CCCC)CCCC.CCCCP(CCCC)CCCC.CCCCP(CCCC)CCCC.[Cl][Rh]. The van der Waals surface area contributed by atoms with Crippen LogP contribution in [0.4, 0.5) is 0 Å². The van der Waals surface area contributed by atoms with E-state index >= 15 is 0 Å². The van der Waals surface area contributed by atoms with Gasteiger partial charge in [-0.25, -0.2) is 0 Å². The first-order valence-electron chi connectivity index (χ1n) is 18.3. The Morgan fingerprint density at radius 3 is 0.439 bits per heavy atom. The second-order valence-corrected chi connectivity index (χ2v) is 19.8. The predicted octanol–water partition coefficient (Wildman–Crippen LogP) is 15.3. The molecule has 0 aromatic carbocycles. The molecule has 0 aliphatic carbocycles. The van der Waals surface area contributed by atoms with Gasteiger partial charge in [0.25, 0.3) is 0 Å². The van der Waals surface area contributed by atoms with Gasteiger partial charge in [0.15, 0.2) is 0 Å². The molecule has 256 valence electrons. The molecule has 41 heavy (non-hydrogen) atoms. The zero-order chi connectivity index (χ0) is 31.8. The van der Waals surface area contributed by atoms with Crippen LogP contribution in [0.5, 0.6) is 0 Å². The minimum absolute atomic E-state index is 0.422. The van der Waals surface area contributed by atoms with Gasteiger partial charge in [-0.1, -0.05) is 120 Å². The Hall–Kier alpha value is 2.20. The van der Waals surface area contributed by atoms with E-state index in [0.29, 0.717) is 23.8 Å². The second-order valence-electron chi connectivity index (χ2n) is 11.7. The fourth-order valence-corrected chi connectivity index (χ4v) is 13.3. The van der Waals surface area contributed by atoms with Crippen LogP contribution in [0.1, 0.15) is 178 Å². The Labute approximate surface area is 282 Å². The number of halogens is 1. The molecule has 0 saturated carbocycles. The van der Waals surface area contributed by atoms with E-state index in [-0.39, 0.29) is 0 Å². The van der Waals surface area contributed by atoms with E-state index in [9.17, 15) is 0 Å². The first-order valence-corrected chi connectivity index (χ1v) is 26.1. The van der Waals surface area contributed by atoms with Crippen molar-refractivity contribution in [2.75, 3.05) is 55.5 Å². The second kappa shape index (κ2) is 49.1. The van der Waals surface area contributed by atoms with Crippen LogP contribution in [0, 0.1) is 0 Å². The van der Waals surface area contributed by atoms with E-state index < -0.39 is 0 Å². The van der Waals surface area contributed by atoms with Crippen LogP contribution in [0.25, 0.3) is 0 Å². The van der Waals surface area contributed by atoms with Crippen LogP contribution in [-0.2, 0) is 17.3 Å². The predicted molar refractivity (Wildman–Crippen MR) is 205 cm³/mol. The summed E-state index contributed by atoms with van der Waals surface area (Å²) in [5.74, 6) is 0. The summed E-state index contributed by atoms with van der Waals surface area (Å²) in [5, 5.41) is 0. The van der Waals surface area contributed by atoms with Gasteiger partial charge in [0.2, 0.25) is 0 Å². The van der Waals surface area contributed by atoms with E-state index in [1.165, 1.54) is 116 Å². The maximum atomic E-state index is 4.53. The third-order valence-corrected chi connectivity index (χ3v) is 16.0. The van der Waals surface area contributed by atoms with Crippen molar-refractivity contribution in [1.29, 1.82) is 0 Å². The third-order valence-electron chi connectivity index (χ3n) is 7.45. The van der Waals surface area contributed by atoms with Crippen LogP contribution < -0.4 is 0 Å². The molecule has 0 heterocycles. The summed E-state index contributed by atoms with van der Waals surface area (Å²) in [6.45, 7) is 20.8. The molecule has 0 rings (SSSR count). The molecular formula is C36H81ClP3Rh. The normalized spacial score (nSPS) is 10.7. The van der Waals surface area contributed by atoms with Crippen molar-refractivity contribution in [3.05, 3.63) is 0 Å². The van der Waals surface area contributed by atoms with Gasteiger partial charge in [-0.3, -0.25) is 0 Å². The summed E-state index contributed by atoms with van der Waals surface area (Å²) in [4.78, 5) is 0. The van der Waals surface area contributed by atoms with E-state index in [4.69, 9.17) is 0 Å². The van der Waals surface area contributed by atoms with Gasteiger partial charge >= 0.3 is 27.0 Å². The van der Waals surface area contributed by atoms with Crippen molar-refractivity contribution in [3.8, 4) is 0 Å². The van der Waals surface area contributed by atoms with Gasteiger partial charge in [0.05, 0.1) is 0 Å². The Kier molecular flexibility index (Phi) is 60.0. The van der Waals surface area contributed by atoms with Crippen molar-refractivity contribution < 1.29 is 17.3 Å². The molecule has 0 aromatic heterocycles. The van der Waals surface area contributed by atoms with E-state index in [1.54, 1.807) is 55.5 Å². The summed E-state index contributed by atoms with van der Waals surface area (Å²) >= 11 is 2.02. The maximum absolute atomic E-state index is 4.53. The molecular weight excluding hydrogens is 664 g/mol. The zero-order valence-corrected chi connectivity index (χ0v) is 35.2. The molecule has 0 radical (unpaired) electrons. The Morgan fingerprint density at radius 1 is 0.268 bits per heavy atom. The van der Waals surface area contributed by atoms with Crippen molar-refractivity contribution in [2.24, 2.45) is 0 Å². The molecule has 0 fully saturated rings. The Morgan fingerprint density at radius 2 is 0.366 bits per heavy atom. The van der Waals surface area contributed by atoms with Crippen molar-refractivity contribution in [2.45, 2.75) is 178 Å². The average Bonchev–Trinajstić information content (AvgIpc) is 3.01. The van der Waals surface area contributed by atoms with Crippen molar-refractivity contribution in [1.82, 2.24) is 0 Å².